The number of hydrogen-bond acceptors (Lipinski definition) is 3. The normalized spacial score (nSPS) is 10.1. The molecule has 0 aliphatic rings. The van der Waals surface area contributed by atoms with Gasteiger partial charge in [-0.1, -0.05) is 17.7 Å². The highest BCUT2D eigenvalue weighted by molar-refractivity contribution is 7.18. The first-order valence-electron chi connectivity index (χ1n) is 5.63. The Hall–Kier alpha value is -2.05. The van der Waals surface area contributed by atoms with E-state index in [-0.39, 0.29) is 4.88 Å². The van der Waals surface area contributed by atoms with Gasteiger partial charge >= 0.3 is 12.0 Å². The van der Waals surface area contributed by atoms with Gasteiger partial charge < -0.3 is 10.4 Å². The zero-order valence-electron chi connectivity index (χ0n) is 10.4. The molecule has 104 valence electrons. The third-order valence-corrected chi connectivity index (χ3v) is 3.81. The van der Waals surface area contributed by atoms with Crippen LogP contribution in [0.2, 0.25) is 5.02 Å². The number of hydrogen-bond donors (Lipinski definition) is 3. The molecule has 2 amide bonds. The average Bonchev–Trinajstić information content (AvgIpc) is 2.70. The molecule has 0 bridgehead atoms. The fourth-order valence-electron chi connectivity index (χ4n) is 1.60. The molecule has 0 aliphatic carbocycles. The van der Waals surface area contributed by atoms with Crippen molar-refractivity contribution in [1.82, 2.24) is 0 Å². The van der Waals surface area contributed by atoms with Crippen LogP contribution in [0, 0.1) is 6.92 Å². The lowest BCUT2D eigenvalue weighted by Crippen LogP contribution is -2.18. The molecule has 7 heteroatoms. The molecule has 0 radical (unpaired) electrons. The van der Waals surface area contributed by atoms with E-state index in [2.05, 4.69) is 10.6 Å². The van der Waals surface area contributed by atoms with Crippen molar-refractivity contribution in [3.05, 3.63) is 45.8 Å². The number of aromatic carboxylic acids is 1. The molecule has 0 unspecified atom stereocenters. The molecule has 2 rings (SSSR count). The molecule has 0 saturated heterocycles. The Morgan fingerprint density at radius 3 is 2.60 bits per heavy atom. The number of aryl methyl sites for hydroxylation is 1. The van der Waals surface area contributed by atoms with Gasteiger partial charge in [0, 0.05) is 10.7 Å². The topological polar surface area (TPSA) is 78.4 Å². The minimum absolute atomic E-state index is 0.211. The number of carbonyl (C=O) groups excluding carboxylic acids is 1. The standard InChI is InChI=1S/C13H11ClN2O3S/c1-7-5-10(20-11(7)12(17)18)16-13(19)15-9-4-2-3-8(14)6-9/h2-6H,1H3,(H,17,18)(H2,15,16,19). The highest BCUT2D eigenvalue weighted by Gasteiger charge is 2.13. The summed E-state index contributed by atoms with van der Waals surface area (Å²) >= 11 is 6.82. The predicted molar refractivity (Wildman–Crippen MR) is 80.1 cm³/mol. The van der Waals surface area contributed by atoms with E-state index in [4.69, 9.17) is 16.7 Å². The van der Waals surface area contributed by atoms with Crippen molar-refractivity contribution in [2.24, 2.45) is 0 Å². The highest BCUT2D eigenvalue weighted by Crippen LogP contribution is 2.26. The quantitative estimate of drug-likeness (QED) is 0.800. The van der Waals surface area contributed by atoms with Crippen LogP contribution in [0.15, 0.2) is 30.3 Å². The van der Waals surface area contributed by atoms with Crippen LogP contribution < -0.4 is 10.6 Å². The molecule has 20 heavy (non-hydrogen) atoms. The maximum Gasteiger partial charge on any atom is 0.346 e. The van der Waals surface area contributed by atoms with E-state index in [1.807, 2.05) is 0 Å². The van der Waals surface area contributed by atoms with Crippen LogP contribution in [0.4, 0.5) is 15.5 Å². The van der Waals surface area contributed by atoms with E-state index in [1.165, 1.54) is 0 Å². The third kappa shape index (κ3) is 3.49. The Kier molecular flexibility index (Phi) is 4.26. The number of carboxylic acids is 1. The van der Waals surface area contributed by atoms with Gasteiger partial charge in [0.15, 0.2) is 0 Å². The van der Waals surface area contributed by atoms with Crippen molar-refractivity contribution in [2.75, 3.05) is 10.6 Å². The first kappa shape index (κ1) is 14.4. The summed E-state index contributed by atoms with van der Waals surface area (Å²) in [5, 5.41) is 15.1. The molecule has 1 aromatic carbocycles. The zero-order chi connectivity index (χ0) is 14.7. The lowest BCUT2D eigenvalue weighted by molar-refractivity contribution is 0.0701. The average molecular weight is 311 g/mol. The Morgan fingerprint density at radius 2 is 2.00 bits per heavy atom. The molecular weight excluding hydrogens is 300 g/mol. The van der Waals surface area contributed by atoms with Crippen LogP contribution in [0.3, 0.4) is 0 Å². The lowest BCUT2D eigenvalue weighted by Gasteiger charge is -2.05. The van der Waals surface area contributed by atoms with Crippen molar-refractivity contribution in [3.8, 4) is 0 Å². The van der Waals surface area contributed by atoms with E-state index < -0.39 is 12.0 Å². The molecule has 0 atom stereocenters. The summed E-state index contributed by atoms with van der Waals surface area (Å²) in [6.45, 7) is 1.68. The number of thiophene rings is 1. The van der Waals surface area contributed by atoms with E-state index in [9.17, 15) is 9.59 Å². The van der Waals surface area contributed by atoms with Crippen molar-refractivity contribution in [1.29, 1.82) is 0 Å². The monoisotopic (exact) mass is 310 g/mol. The minimum atomic E-state index is -1.00. The summed E-state index contributed by atoms with van der Waals surface area (Å²) in [5.74, 6) is -1.00. The Bertz CT molecular complexity index is 669. The fourth-order valence-corrected chi connectivity index (χ4v) is 2.69. The summed E-state index contributed by atoms with van der Waals surface area (Å²) in [4.78, 5) is 22.9. The first-order chi connectivity index (χ1) is 9.45. The van der Waals surface area contributed by atoms with Crippen molar-refractivity contribution >= 4 is 45.6 Å². The Balaban J connectivity index is 2.05. The number of rotatable bonds is 3. The summed E-state index contributed by atoms with van der Waals surface area (Å²) in [5.41, 5.74) is 1.17. The number of carbonyl (C=O) groups is 2. The maximum absolute atomic E-state index is 11.8. The van der Waals surface area contributed by atoms with Crippen LogP contribution >= 0.6 is 22.9 Å². The van der Waals surface area contributed by atoms with Crippen LogP contribution in [-0.2, 0) is 0 Å². The van der Waals surface area contributed by atoms with Crippen LogP contribution in [0.25, 0.3) is 0 Å². The second kappa shape index (κ2) is 5.94. The summed E-state index contributed by atoms with van der Waals surface area (Å²) in [7, 11) is 0. The zero-order valence-corrected chi connectivity index (χ0v) is 12.0. The SMILES string of the molecule is Cc1cc(NC(=O)Nc2cccc(Cl)c2)sc1C(=O)O. The number of halogens is 1. The van der Waals surface area contributed by atoms with Crippen molar-refractivity contribution in [2.45, 2.75) is 6.92 Å². The fraction of sp³-hybridized carbons (Fsp3) is 0.0769. The lowest BCUT2D eigenvalue weighted by atomic mass is 10.3. The molecule has 1 heterocycles. The van der Waals surface area contributed by atoms with Crippen LogP contribution in [0.1, 0.15) is 15.2 Å². The maximum atomic E-state index is 11.8. The highest BCUT2D eigenvalue weighted by atomic mass is 35.5. The number of amides is 2. The van der Waals surface area contributed by atoms with E-state index in [0.717, 1.165) is 11.3 Å². The van der Waals surface area contributed by atoms with Gasteiger partial charge in [-0.05, 0) is 36.8 Å². The molecular formula is C13H11ClN2O3S. The number of benzene rings is 1. The Morgan fingerprint density at radius 1 is 1.25 bits per heavy atom. The molecule has 1 aromatic heterocycles. The van der Waals surface area contributed by atoms with Gasteiger partial charge in [-0.2, -0.15) is 0 Å². The van der Waals surface area contributed by atoms with Crippen LogP contribution in [0.5, 0.6) is 0 Å². The van der Waals surface area contributed by atoms with Gasteiger partial charge in [0.1, 0.15) is 4.88 Å². The largest absolute Gasteiger partial charge is 0.477 e. The molecule has 0 aliphatic heterocycles. The van der Waals surface area contributed by atoms with Crippen LogP contribution in [-0.4, -0.2) is 17.1 Å². The molecule has 2 aromatic rings. The molecule has 0 fully saturated rings. The minimum Gasteiger partial charge on any atom is -0.477 e. The van der Waals surface area contributed by atoms with E-state index in [1.54, 1.807) is 37.3 Å². The summed E-state index contributed by atoms with van der Waals surface area (Å²) in [6, 6.07) is 7.90. The van der Waals surface area contributed by atoms with Gasteiger partial charge in [0.2, 0.25) is 0 Å². The molecule has 0 spiro atoms. The first-order valence-corrected chi connectivity index (χ1v) is 6.82. The number of nitrogens with one attached hydrogen (secondary N) is 2. The second-order valence-corrected chi connectivity index (χ2v) is 5.51. The Labute approximate surface area is 124 Å². The number of carboxylic acid groups (broad SMARTS) is 1. The summed E-state index contributed by atoms with van der Waals surface area (Å²) in [6.07, 6.45) is 0. The smallest absolute Gasteiger partial charge is 0.346 e. The predicted octanol–water partition coefficient (Wildman–Crippen LogP) is 4.05. The molecule has 5 nitrogen and oxygen atoms in total. The van der Waals surface area contributed by atoms with E-state index >= 15 is 0 Å². The van der Waals surface area contributed by atoms with Gasteiger partial charge in [0.25, 0.3) is 0 Å². The third-order valence-electron chi connectivity index (χ3n) is 2.43. The van der Waals surface area contributed by atoms with E-state index in [0.29, 0.717) is 21.3 Å². The number of anilines is 2. The van der Waals surface area contributed by atoms with Gasteiger partial charge in [-0.15, -0.1) is 11.3 Å². The van der Waals surface area contributed by atoms with Crippen molar-refractivity contribution < 1.29 is 14.7 Å². The van der Waals surface area contributed by atoms with Gasteiger partial charge in [0.05, 0.1) is 5.00 Å². The number of urea groups is 1. The van der Waals surface area contributed by atoms with Gasteiger partial charge in [-0.25, -0.2) is 9.59 Å². The van der Waals surface area contributed by atoms with Gasteiger partial charge in [-0.3, -0.25) is 5.32 Å². The van der Waals surface area contributed by atoms with Crippen molar-refractivity contribution in [3.63, 3.8) is 0 Å². The molecule has 0 saturated carbocycles. The molecule has 3 N–H and O–H groups in total. The summed E-state index contributed by atoms with van der Waals surface area (Å²) < 4.78 is 0. The second-order valence-electron chi connectivity index (χ2n) is 4.02.